The summed E-state index contributed by atoms with van der Waals surface area (Å²) in [6, 6.07) is 0.190. The maximum atomic E-state index is 12.4. The van der Waals surface area contributed by atoms with Crippen LogP contribution >= 0.6 is 0 Å². The van der Waals surface area contributed by atoms with Gasteiger partial charge in [0.2, 0.25) is 5.91 Å². The number of rotatable bonds is 5. The van der Waals surface area contributed by atoms with Crippen LogP contribution in [-0.4, -0.2) is 48.6 Å². The molecule has 18 heavy (non-hydrogen) atoms. The highest BCUT2D eigenvalue weighted by Gasteiger charge is 2.34. The third kappa shape index (κ3) is 3.70. The first-order chi connectivity index (χ1) is 8.47. The van der Waals surface area contributed by atoms with Crippen LogP contribution in [-0.2, 0) is 14.3 Å². The zero-order valence-corrected chi connectivity index (χ0v) is 11.7. The smallest absolute Gasteiger partial charge is 0.325 e. The molecule has 1 aliphatic heterocycles. The third-order valence-corrected chi connectivity index (χ3v) is 3.35. The molecule has 0 aromatic rings. The van der Waals surface area contributed by atoms with E-state index in [2.05, 4.69) is 5.32 Å². The second-order valence-electron chi connectivity index (χ2n) is 5.00. The minimum atomic E-state index is -0.335. The van der Waals surface area contributed by atoms with E-state index in [1.165, 1.54) is 0 Å². The molecule has 5 nitrogen and oxygen atoms in total. The van der Waals surface area contributed by atoms with Crippen LogP contribution in [0.25, 0.3) is 0 Å². The van der Waals surface area contributed by atoms with Gasteiger partial charge in [0.25, 0.3) is 0 Å². The van der Waals surface area contributed by atoms with Crippen LogP contribution in [0.15, 0.2) is 0 Å². The van der Waals surface area contributed by atoms with Crippen molar-refractivity contribution in [2.75, 3.05) is 19.7 Å². The van der Waals surface area contributed by atoms with Gasteiger partial charge in [-0.1, -0.05) is 0 Å². The van der Waals surface area contributed by atoms with Crippen molar-refractivity contribution < 1.29 is 14.3 Å². The normalized spacial score (nSPS) is 23.2. The Labute approximate surface area is 109 Å². The monoisotopic (exact) mass is 256 g/mol. The molecule has 0 bridgehead atoms. The summed E-state index contributed by atoms with van der Waals surface area (Å²) in [5, 5.41) is 3.26. The van der Waals surface area contributed by atoms with E-state index in [1.54, 1.807) is 11.8 Å². The average molecular weight is 256 g/mol. The second kappa shape index (κ2) is 6.73. The van der Waals surface area contributed by atoms with E-state index in [4.69, 9.17) is 4.74 Å². The maximum absolute atomic E-state index is 12.4. The fraction of sp³-hybridized carbons (Fsp3) is 0.846. The molecule has 0 saturated carbocycles. The van der Waals surface area contributed by atoms with Crippen LogP contribution in [0.4, 0.5) is 0 Å². The van der Waals surface area contributed by atoms with Crippen molar-refractivity contribution in [3.63, 3.8) is 0 Å². The fourth-order valence-corrected chi connectivity index (χ4v) is 2.27. The molecule has 1 rings (SSSR count). The van der Waals surface area contributed by atoms with E-state index in [0.29, 0.717) is 6.61 Å². The summed E-state index contributed by atoms with van der Waals surface area (Å²) >= 11 is 0. The fourth-order valence-electron chi connectivity index (χ4n) is 2.27. The van der Waals surface area contributed by atoms with E-state index in [-0.39, 0.29) is 36.4 Å². The molecule has 0 spiro atoms. The SMILES string of the molecule is CCOC(=O)CN(C(=O)C1CCNC1C)C(C)C. The zero-order valence-electron chi connectivity index (χ0n) is 11.7. The van der Waals surface area contributed by atoms with E-state index < -0.39 is 0 Å². The molecule has 0 aromatic carbocycles. The Balaban J connectivity index is 2.66. The van der Waals surface area contributed by atoms with Crippen molar-refractivity contribution in [2.45, 2.75) is 46.2 Å². The van der Waals surface area contributed by atoms with Crippen LogP contribution in [0.1, 0.15) is 34.1 Å². The van der Waals surface area contributed by atoms with Crippen molar-refractivity contribution in [1.29, 1.82) is 0 Å². The molecule has 1 amide bonds. The number of nitrogens with one attached hydrogen (secondary N) is 1. The molecule has 1 N–H and O–H groups in total. The van der Waals surface area contributed by atoms with Gasteiger partial charge < -0.3 is 15.0 Å². The summed E-state index contributed by atoms with van der Waals surface area (Å²) in [6.07, 6.45) is 0.839. The Morgan fingerprint density at radius 1 is 1.44 bits per heavy atom. The van der Waals surface area contributed by atoms with E-state index in [1.807, 2.05) is 20.8 Å². The number of carbonyl (C=O) groups excluding carboxylic acids is 2. The molecule has 1 fully saturated rings. The molecule has 1 heterocycles. The van der Waals surface area contributed by atoms with E-state index >= 15 is 0 Å². The predicted molar refractivity (Wildman–Crippen MR) is 69.1 cm³/mol. The molecular weight excluding hydrogens is 232 g/mol. The standard InChI is InChI=1S/C13H24N2O3/c1-5-18-12(16)8-15(9(2)3)13(17)11-6-7-14-10(11)4/h9-11,14H,5-8H2,1-4H3. The highest BCUT2D eigenvalue weighted by atomic mass is 16.5. The Morgan fingerprint density at radius 3 is 2.56 bits per heavy atom. The lowest BCUT2D eigenvalue weighted by Crippen LogP contribution is -2.46. The molecule has 1 saturated heterocycles. The number of carbonyl (C=O) groups is 2. The molecule has 104 valence electrons. The summed E-state index contributed by atoms with van der Waals surface area (Å²) in [4.78, 5) is 25.6. The Kier molecular flexibility index (Phi) is 5.59. The zero-order chi connectivity index (χ0) is 13.7. The summed E-state index contributed by atoms with van der Waals surface area (Å²) in [6.45, 7) is 8.88. The first kappa shape index (κ1) is 15.0. The third-order valence-electron chi connectivity index (χ3n) is 3.35. The number of esters is 1. The minimum absolute atomic E-state index is 0.00899. The largest absolute Gasteiger partial charge is 0.465 e. The number of hydrogen-bond donors (Lipinski definition) is 1. The van der Waals surface area contributed by atoms with Gasteiger partial charge in [-0.3, -0.25) is 9.59 Å². The Bertz CT molecular complexity index is 305. The number of amides is 1. The van der Waals surface area contributed by atoms with Gasteiger partial charge in [-0.2, -0.15) is 0 Å². The van der Waals surface area contributed by atoms with Crippen LogP contribution in [0.5, 0.6) is 0 Å². The Morgan fingerprint density at radius 2 is 2.11 bits per heavy atom. The summed E-state index contributed by atoms with van der Waals surface area (Å²) in [7, 11) is 0. The van der Waals surface area contributed by atoms with Gasteiger partial charge in [-0.15, -0.1) is 0 Å². The quantitative estimate of drug-likeness (QED) is 0.739. The van der Waals surface area contributed by atoms with Gasteiger partial charge >= 0.3 is 5.97 Å². The van der Waals surface area contributed by atoms with Crippen LogP contribution in [0, 0.1) is 5.92 Å². The van der Waals surface area contributed by atoms with Crippen LogP contribution < -0.4 is 5.32 Å². The molecule has 5 heteroatoms. The summed E-state index contributed by atoms with van der Waals surface area (Å²) in [5.41, 5.74) is 0. The van der Waals surface area contributed by atoms with Gasteiger partial charge in [0.15, 0.2) is 0 Å². The van der Waals surface area contributed by atoms with Crippen molar-refractivity contribution >= 4 is 11.9 Å². The minimum Gasteiger partial charge on any atom is -0.465 e. The van der Waals surface area contributed by atoms with Crippen LogP contribution in [0.2, 0.25) is 0 Å². The molecule has 0 aliphatic carbocycles. The number of nitrogens with zero attached hydrogens (tertiary/aromatic N) is 1. The number of hydrogen-bond acceptors (Lipinski definition) is 4. The first-order valence-electron chi connectivity index (χ1n) is 6.66. The van der Waals surface area contributed by atoms with Gasteiger partial charge in [0.05, 0.1) is 12.5 Å². The first-order valence-corrected chi connectivity index (χ1v) is 6.66. The maximum Gasteiger partial charge on any atom is 0.325 e. The molecular formula is C13H24N2O3. The summed E-state index contributed by atoms with van der Waals surface area (Å²) in [5.74, 6) is -0.310. The van der Waals surface area contributed by atoms with Gasteiger partial charge in [0, 0.05) is 12.1 Å². The van der Waals surface area contributed by atoms with Gasteiger partial charge in [-0.05, 0) is 40.7 Å². The predicted octanol–water partition coefficient (Wildman–Crippen LogP) is 0.785. The molecule has 0 aromatic heterocycles. The van der Waals surface area contributed by atoms with Crippen molar-refractivity contribution in [3.05, 3.63) is 0 Å². The lowest BCUT2D eigenvalue weighted by molar-refractivity contribution is -0.151. The van der Waals surface area contributed by atoms with E-state index in [9.17, 15) is 9.59 Å². The van der Waals surface area contributed by atoms with Gasteiger partial charge in [0.1, 0.15) is 6.54 Å². The molecule has 1 aliphatic rings. The van der Waals surface area contributed by atoms with Crippen molar-refractivity contribution in [1.82, 2.24) is 10.2 Å². The number of ether oxygens (including phenoxy) is 1. The molecule has 0 radical (unpaired) electrons. The average Bonchev–Trinajstić information content (AvgIpc) is 2.71. The highest BCUT2D eigenvalue weighted by Crippen LogP contribution is 2.19. The lowest BCUT2D eigenvalue weighted by atomic mass is 9.99. The molecule has 2 unspecified atom stereocenters. The van der Waals surface area contributed by atoms with E-state index in [0.717, 1.165) is 13.0 Å². The highest BCUT2D eigenvalue weighted by molar-refractivity contribution is 5.84. The van der Waals surface area contributed by atoms with Crippen LogP contribution in [0.3, 0.4) is 0 Å². The molecule has 2 atom stereocenters. The van der Waals surface area contributed by atoms with Crippen molar-refractivity contribution in [3.8, 4) is 0 Å². The second-order valence-corrected chi connectivity index (χ2v) is 5.00. The lowest BCUT2D eigenvalue weighted by Gasteiger charge is -2.29. The topological polar surface area (TPSA) is 58.6 Å². The summed E-state index contributed by atoms with van der Waals surface area (Å²) < 4.78 is 4.91. The Hall–Kier alpha value is -1.10. The van der Waals surface area contributed by atoms with Gasteiger partial charge in [-0.25, -0.2) is 0 Å². The van der Waals surface area contributed by atoms with Crippen molar-refractivity contribution in [2.24, 2.45) is 5.92 Å².